The number of aromatic nitrogens is 2. The van der Waals surface area contributed by atoms with Gasteiger partial charge in [-0.2, -0.15) is 0 Å². The van der Waals surface area contributed by atoms with E-state index in [9.17, 15) is 9.50 Å². The van der Waals surface area contributed by atoms with Gasteiger partial charge in [0, 0.05) is 52.2 Å². The third-order valence-electron chi connectivity index (χ3n) is 4.09. The number of halogens is 2. The molecule has 0 aliphatic carbocycles. The van der Waals surface area contributed by atoms with E-state index < -0.39 is 5.82 Å². The van der Waals surface area contributed by atoms with Gasteiger partial charge in [0.25, 0.3) is 0 Å². The Hall–Kier alpha value is -2.17. The van der Waals surface area contributed by atoms with Crippen molar-refractivity contribution >= 4 is 35.9 Å². The minimum absolute atomic E-state index is 0. The molecule has 140 valence electrons. The summed E-state index contributed by atoms with van der Waals surface area (Å²) in [5.74, 6) is 0.546. The van der Waals surface area contributed by atoms with Gasteiger partial charge in [-0.05, 0) is 23.8 Å². The Morgan fingerprint density at radius 1 is 1.23 bits per heavy atom. The molecule has 1 aliphatic heterocycles. The van der Waals surface area contributed by atoms with Gasteiger partial charge in [0.1, 0.15) is 0 Å². The number of hydrogen-bond donors (Lipinski definition) is 2. The number of aliphatic imine (C=N–C) groups is 1. The minimum Gasteiger partial charge on any atom is -0.505 e. The maximum Gasteiger partial charge on any atom is 0.225 e. The highest BCUT2D eigenvalue weighted by molar-refractivity contribution is 14.0. The zero-order valence-corrected chi connectivity index (χ0v) is 16.8. The number of piperazine rings is 1. The monoisotopic (exact) mass is 472 g/mol. The van der Waals surface area contributed by atoms with Crippen LogP contribution in [-0.2, 0) is 6.54 Å². The lowest BCUT2D eigenvalue weighted by Crippen LogP contribution is -2.52. The summed E-state index contributed by atoms with van der Waals surface area (Å²) in [6.45, 7) is 3.63. The van der Waals surface area contributed by atoms with Crippen LogP contribution in [0, 0.1) is 5.82 Å². The summed E-state index contributed by atoms with van der Waals surface area (Å²) in [6.07, 6.45) is 3.48. The zero-order valence-electron chi connectivity index (χ0n) is 14.5. The quantitative estimate of drug-likeness (QED) is 0.404. The summed E-state index contributed by atoms with van der Waals surface area (Å²) in [7, 11) is 1.73. The first-order valence-corrected chi connectivity index (χ1v) is 8.12. The molecule has 0 amide bonds. The molecule has 1 aromatic carbocycles. The van der Waals surface area contributed by atoms with Crippen molar-refractivity contribution in [3.05, 3.63) is 48.0 Å². The highest BCUT2D eigenvalue weighted by atomic mass is 127. The number of anilines is 1. The topological polar surface area (TPSA) is 76.9 Å². The molecule has 1 saturated heterocycles. The van der Waals surface area contributed by atoms with Crippen molar-refractivity contribution in [1.82, 2.24) is 20.2 Å². The van der Waals surface area contributed by atoms with Crippen LogP contribution < -0.4 is 10.2 Å². The predicted molar refractivity (Wildman–Crippen MR) is 109 cm³/mol. The van der Waals surface area contributed by atoms with Crippen molar-refractivity contribution in [3.63, 3.8) is 0 Å². The maximum atomic E-state index is 13.4. The highest BCUT2D eigenvalue weighted by Gasteiger charge is 2.21. The largest absolute Gasteiger partial charge is 0.505 e. The Bertz CT molecular complexity index is 737. The normalized spacial score (nSPS) is 14.8. The van der Waals surface area contributed by atoms with Crippen molar-refractivity contribution in [2.24, 2.45) is 4.99 Å². The number of nitrogens with zero attached hydrogens (tertiary/aromatic N) is 5. The van der Waals surface area contributed by atoms with E-state index in [4.69, 9.17) is 0 Å². The van der Waals surface area contributed by atoms with Gasteiger partial charge in [0.05, 0.1) is 0 Å². The number of rotatable bonds is 3. The lowest BCUT2D eigenvalue weighted by molar-refractivity contribution is 0.370. The summed E-state index contributed by atoms with van der Waals surface area (Å²) in [5, 5.41) is 12.5. The molecule has 0 saturated carbocycles. The van der Waals surface area contributed by atoms with E-state index in [1.807, 2.05) is 0 Å². The Balaban J connectivity index is 0.00000243. The highest BCUT2D eigenvalue weighted by Crippen LogP contribution is 2.16. The van der Waals surface area contributed by atoms with Crippen LogP contribution in [0.5, 0.6) is 5.75 Å². The van der Waals surface area contributed by atoms with Crippen molar-refractivity contribution in [1.29, 1.82) is 0 Å². The van der Waals surface area contributed by atoms with Gasteiger partial charge in [0.15, 0.2) is 17.5 Å². The lowest BCUT2D eigenvalue weighted by atomic mass is 10.2. The Morgan fingerprint density at radius 2 is 1.92 bits per heavy atom. The van der Waals surface area contributed by atoms with Crippen LogP contribution in [0.15, 0.2) is 41.7 Å². The number of guanidine groups is 1. The average Bonchev–Trinajstić information content (AvgIpc) is 2.66. The fourth-order valence-corrected chi connectivity index (χ4v) is 2.75. The molecule has 2 N–H and O–H groups in total. The van der Waals surface area contributed by atoms with Gasteiger partial charge in [-0.25, -0.2) is 14.4 Å². The molecular weight excluding hydrogens is 450 g/mol. The third-order valence-corrected chi connectivity index (χ3v) is 4.09. The lowest BCUT2D eigenvalue weighted by Gasteiger charge is -2.36. The standard InChI is InChI=1S/C17H21FN6O.HI/c1-19-16(22-12-13-3-4-15(25)14(18)11-13)23-7-9-24(10-8-23)17-20-5-2-6-21-17;/h2-6,11,25H,7-10,12H2,1H3,(H,19,22);1H. The van der Waals surface area contributed by atoms with E-state index in [1.165, 1.54) is 12.1 Å². The second kappa shape index (κ2) is 9.51. The molecule has 0 bridgehead atoms. The van der Waals surface area contributed by atoms with Gasteiger partial charge in [-0.1, -0.05) is 6.07 Å². The SMILES string of the molecule is CN=C(NCc1ccc(O)c(F)c1)N1CCN(c2ncccn2)CC1.I. The molecule has 3 rings (SSSR count). The molecule has 0 spiro atoms. The van der Waals surface area contributed by atoms with E-state index in [2.05, 4.69) is 30.1 Å². The smallest absolute Gasteiger partial charge is 0.225 e. The van der Waals surface area contributed by atoms with Crippen LogP contribution >= 0.6 is 24.0 Å². The van der Waals surface area contributed by atoms with E-state index in [-0.39, 0.29) is 29.7 Å². The molecule has 0 atom stereocenters. The first-order chi connectivity index (χ1) is 12.2. The molecule has 1 aromatic heterocycles. The van der Waals surface area contributed by atoms with E-state index in [0.29, 0.717) is 6.54 Å². The maximum absolute atomic E-state index is 13.4. The number of hydrogen-bond acceptors (Lipinski definition) is 5. The molecule has 2 heterocycles. The Kier molecular flexibility index (Phi) is 7.37. The summed E-state index contributed by atoms with van der Waals surface area (Å²) in [6, 6.07) is 6.16. The van der Waals surface area contributed by atoms with Crippen LogP contribution in [-0.4, -0.2) is 59.2 Å². The van der Waals surface area contributed by atoms with Crippen LogP contribution in [0.3, 0.4) is 0 Å². The van der Waals surface area contributed by atoms with Gasteiger partial charge in [-0.15, -0.1) is 24.0 Å². The molecule has 9 heteroatoms. The number of phenolic OH excluding ortho intramolecular Hbond substituents is 1. The van der Waals surface area contributed by atoms with Gasteiger partial charge >= 0.3 is 0 Å². The van der Waals surface area contributed by atoms with Crippen LogP contribution in [0.1, 0.15) is 5.56 Å². The predicted octanol–water partition coefficient (Wildman–Crippen LogP) is 1.84. The summed E-state index contributed by atoms with van der Waals surface area (Å²) in [4.78, 5) is 17.1. The summed E-state index contributed by atoms with van der Waals surface area (Å²) >= 11 is 0. The average molecular weight is 472 g/mol. The molecule has 26 heavy (non-hydrogen) atoms. The van der Waals surface area contributed by atoms with Crippen LogP contribution in [0.2, 0.25) is 0 Å². The molecule has 0 unspecified atom stereocenters. The van der Waals surface area contributed by atoms with E-state index in [1.54, 1.807) is 31.6 Å². The molecule has 7 nitrogen and oxygen atoms in total. The number of nitrogens with one attached hydrogen (secondary N) is 1. The molecule has 2 aromatic rings. The van der Waals surface area contributed by atoms with Crippen molar-refractivity contribution < 1.29 is 9.50 Å². The Labute approximate surface area is 169 Å². The molecular formula is C17H22FIN6O. The van der Waals surface area contributed by atoms with Gasteiger partial charge < -0.3 is 20.2 Å². The van der Waals surface area contributed by atoms with Gasteiger partial charge in [0.2, 0.25) is 5.95 Å². The van der Waals surface area contributed by atoms with Gasteiger partial charge in [-0.3, -0.25) is 4.99 Å². The number of benzene rings is 1. The number of aromatic hydroxyl groups is 1. The first-order valence-electron chi connectivity index (χ1n) is 8.12. The second-order valence-corrected chi connectivity index (χ2v) is 5.71. The summed E-state index contributed by atoms with van der Waals surface area (Å²) in [5.41, 5.74) is 0.743. The molecule has 1 aliphatic rings. The zero-order chi connectivity index (χ0) is 17.6. The van der Waals surface area contributed by atoms with E-state index >= 15 is 0 Å². The van der Waals surface area contributed by atoms with Crippen molar-refractivity contribution in [3.8, 4) is 5.75 Å². The third kappa shape index (κ3) is 4.93. The van der Waals surface area contributed by atoms with E-state index in [0.717, 1.165) is 43.7 Å². The fourth-order valence-electron chi connectivity index (χ4n) is 2.75. The first kappa shape index (κ1) is 20.1. The minimum atomic E-state index is -0.620. The van der Waals surface area contributed by atoms with Crippen LogP contribution in [0.4, 0.5) is 10.3 Å². The van der Waals surface area contributed by atoms with Crippen LogP contribution in [0.25, 0.3) is 0 Å². The number of phenols is 1. The fraction of sp³-hybridized carbons (Fsp3) is 0.353. The second-order valence-electron chi connectivity index (χ2n) is 5.71. The molecule has 1 fully saturated rings. The Morgan fingerprint density at radius 3 is 2.54 bits per heavy atom. The summed E-state index contributed by atoms with van der Waals surface area (Å²) < 4.78 is 13.4. The van der Waals surface area contributed by atoms with Crippen molar-refractivity contribution in [2.45, 2.75) is 6.54 Å². The molecule has 0 radical (unpaired) electrons. The van der Waals surface area contributed by atoms with Crippen molar-refractivity contribution in [2.75, 3.05) is 38.1 Å².